The highest BCUT2D eigenvalue weighted by molar-refractivity contribution is 7.84. The Kier molecular flexibility index (Phi) is 5.29. The average molecular weight is 265 g/mol. The summed E-state index contributed by atoms with van der Waals surface area (Å²) >= 11 is 0. The summed E-state index contributed by atoms with van der Waals surface area (Å²) in [4.78, 5) is 0. The summed E-state index contributed by atoms with van der Waals surface area (Å²) in [6, 6.07) is 8.25. The van der Waals surface area contributed by atoms with Crippen LogP contribution in [0, 0.1) is 6.92 Å². The van der Waals surface area contributed by atoms with E-state index in [2.05, 4.69) is 30.4 Å². The van der Waals surface area contributed by atoms with Gasteiger partial charge in [0.25, 0.3) is 0 Å². The van der Waals surface area contributed by atoms with Gasteiger partial charge in [0.15, 0.2) is 0 Å². The molecule has 1 aromatic carbocycles. The molecule has 1 N–H and O–H groups in total. The van der Waals surface area contributed by atoms with Crippen LogP contribution in [0.2, 0.25) is 0 Å². The first kappa shape index (κ1) is 15.1. The molecule has 0 aromatic heterocycles. The maximum absolute atomic E-state index is 12.2. The van der Waals surface area contributed by atoms with Gasteiger partial charge in [0, 0.05) is 6.04 Å². The lowest BCUT2D eigenvalue weighted by Crippen LogP contribution is -2.35. The molecule has 0 bridgehead atoms. The Labute approximate surface area is 113 Å². The average Bonchev–Trinajstić information content (AvgIpc) is 2.28. The van der Waals surface area contributed by atoms with Gasteiger partial charge in [0.1, 0.15) is 0 Å². The number of benzene rings is 1. The Balaban J connectivity index is 2.94. The van der Waals surface area contributed by atoms with Crippen molar-refractivity contribution in [1.82, 2.24) is 4.72 Å². The van der Waals surface area contributed by atoms with E-state index in [9.17, 15) is 4.21 Å². The minimum atomic E-state index is -1.08. The van der Waals surface area contributed by atoms with Gasteiger partial charge in [-0.25, -0.2) is 8.93 Å². The lowest BCUT2D eigenvalue weighted by Gasteiger charge is -2.24. The van der Waals surface area contributed by atoms with E-state index < -0.39 is 11.0 Å². The highest BCUT2D eigenvalue weighted by Crippen LogP contribution is 2.23. The summed E-state index contributed by atoms with van der Waals surface area (Å²) in [6.45, 7) is 11.8. The zero-order valence-corrected chi connectivity index (χ0v) is 12.5. The molecule has 0 amide bonds. The standard InChI is InChI=1S/C15H23NOS/c1-6-9-14(16-18(17)15(3,4)5)13-11-8-7-10-12(13)2/h6-8,10-11,14,16H,1,9H2,2-5H3/t14-,18?/m1/s1. The lowest BCUT2D eigenvalue weighted by atomic mass is 10.00. The molecule has 0 fully saturated rings. The van der Waals surface area contributed by atoms with E-state index in [-0.39, 0.29) is 10.8 Å². The van der Waals surface area contributed by atoms with Crippen molar-refractivity contribution in [2.75, 3.05) is 0 Å². The van der Waals surface area contributed by atoms with Crippen molar-refractivity contribution in [2.24, 2.45) is 0 Å². The van der Waals surface area contributed by atoms with Crippen molar-refractivity contribution in [3.63, 3.8) is 0 Å². The Hall–Kier alpha value is -0.930. The molecule has 100 valence electrons. The van der Waals surface area contributed by atoms with Crippen LogP contribution in [-0.4, -0.2) is 8.96 Å². The van der Waals surface area contributed by atoms with Crippen LogP contribution in [0.25, 0.3) is 0 Å². The minimum absolute atomic E-state index is 0.0590. The molecule has 18 heavy (non-hydrogen) atoms. The van der Waals surface area contributed by atoms with Crippen molar-refractivity contribution in [2.45, 2.75) is 44.9 Å². The maximum Gasteiger partial charge on any atom is 0.0976 e. The Bertz CT molecular complexity index is 434. The summed E-state index contributed by atoms with van der Waals surface area (Å²) < 4.78 is 15.2. The zero-order chi connectivity index (χ0) is 13.8. The van der Waals surface area contributed by atoms with E-state index in [1.165, 1.54) is 11.1 Å². The molecule has 2 atom stereocenters. The van der Waals surface area contributed by atoms with Crippen LogP contribution < -0.4 is 4.72 Å². The second-order valence-electron chi connectivity index (χ2n) is 5.43. The summed E-state index contributed by atoms with van der Waals surface area (Å²) in [5.41, 5.74) is 2.40. The van der Waals surface area contributed by atoms with Gasteiger partial charge < -0.3 is 0 Å². The van der Waals surface area contributed by atoms with Crippen molar-refractivity contribution in [3.05, 3.63) is 48.0 Å². The van der Waals surface area contributed by atoms with Crippen molar-refractivity contribution >= 4 is 11.0 Å². The second kappa shape index (κ2) is 6.30. The van der Waals surface area contributed by atoms with Gasteiger partial charge in [-0.05, 0) is 45.2 Å². The predicted molar refractivity (Wildman–Crippen MR) is 79.8 cm³/mol. The van der Waals surface area contributed by atoms with Gasteiger partial charge in [-0.2, -0.15) is 0 Å². The SMILES string of the molecule is C=CC[C@@H](NS(=O)C(C)(C)C)c1ccccc1C. The highest BCUT2D eigenvalue weighted by Gasteiger charge is 2.23. The molecule has 2 nitrogen and oxygen atoms in total. The van der Waals surface area contributed by atoms with Gasteiger partial charge in [0.2, 0.25) is 0 Å². The molecule has 1 aromatic rings. The van der Waals surface area contributed by atoms with E-state index in [1.807, 2.05) is 39.0 Å². The quantitative estimate of drug-likeness (QED) is 0.809. The predicted octanol–water partition coefficient (Wildman–Crippen LogP) is 3.66. The summed E-state index contributed by atoms with van der Waals surface area (Å²) in [5.74, 6) is 0. The Morgan fingerprint density at radius 3 is 2.50 bits per heavy atom. The second-order valence-corrected chi connectivity index (χ2v) is 7.43. The lowest BCUT2D eigenvalue weighted by molar-refractivity contribution is 0.600. The molecule has 0 spiro atoms. The van der Waals surface area contributed by atoms with Crippen LogP contribution in [0.1, 0.15) is 44.4 Å². The number of rotatable bonds is 5. The first-order valence-electron chi connectivity index (χ1n) is 6.20. The minimum Gasteiger partial charge on any atom is -0.242 e. The fraction of sp³-hybridized carbons (Fsp3) is 0.467. The van der Waals surface area contributed by atoms with E-state index in [0.29, 0.717) is 0 Å². The molecule has 1 unspecified atom stereocenters. The molecule has 0 aliphatic carbocycles. The van der Waals surface area contributed by atoms with Crippen molar-refractivity contribution in [1.29, 1.82) is 0 Å². The van der Waals surface area contributed by atoms with Crippen LogP contribution in [0.15, 0.2) is 36.9 Å². The van der Waals surface area contributed by atoms with Crippen LogP contribution in [-0.2, 0) is 11.0 Å². The van der Waals surface area contributed by atoms with E-state index >= 15 is 0 Å². The van der Waals surface area contributed by atoms with Crippen LogP contribution in [0.4, 0.5) is 0 Å². The third kappa shape index (κ3) is 4.07. The smallest absolute Gasteiger partial charge is 0.0976 e. The van der Waals surface area contributed by atoms with Crippen LogP contribution >= 0.6 is 0 Å². The van der Waals surface area contributed by atoms with Crippen molar-refractivity contribution < 1.29 is 4.21 Å². The van der Waals surface area contributed by atoms with Gasteiger partial charge in [0.05, 0.1) is 15.7 Å². The highest BCUT2D eigenvalue weighted by atomic mass is 32.2. The van der Waals surface area contributed by atoms with Gasteiger partial charge in [-0.15, -0.1) is 6.58 Å². The largest absolute Gasteiger partial charge is 0.242 e. The normalized spacial score (nSPS) is 15.1. The molecule has 0 radical (unpaired) electrons. The van der Waals surface area contributed by atoms with E-state index in [4.69, 9.17) is 0 Å². The van der Waals surface area contributed by atoms with Crippen molar-refractivity contribution in [3.8, 4) is 0 Å². The maximum atomic E-state index is 12.2. The summed E-state index contributed by atoms with van der Waals surface area (Å²) in [6.07, 6.45) is 2.64. The van der Waals surface area contributed by atoms with E-state index in [1.54, 1.807) is 0 Å². The van der Waals surface area contributed by atoms with Crippen LogP contribution in [0.5, 0.6) is 0 Å². The molecule has 1 rings (SSSR count). The molecular weight excluding hydrogens is 242 g/mol. The van der Waals surface area contributed by atoms with Gasteiger partial charge >= 0.3 is 0 Å². The van der Waals surface area contributed by atoms with E-state index in [0.717, 1.165) is 6.42 Å². The fourth-order valence-electron chi connectivity index (χ4n) is 1.69. The monoisotopic (exact) mass is 265 g/mol. The van der Waals surface area contributed by atoms with Gasteiger partial charge in [-0.3, -0.25) is 0 Å². The summed E-state index contributed by atoms with van der Waals surface area (Å²) in [7, 11) is -1.08. The topological polar surface area (TPSA) is 29.1 Å². The fourth-order valence-corrected chi connectivity index (χ4v) is 2.52. The van der Waals surface area contributed by atoms with Gasteiger partial charge in [-0.1, -0.05) is 30.3 Å². The molecule has 3 heteroatoms. The third-order valence-corrected chi connectivity index (χ3v) is 4.38. The number of aryl methyl sites for hydroxylation is 1. The molecule has 0 saturated carbocycles. The van der Waals surface area contributed by atoms with Crippen LogP contribution in [0.3, 0.4) is 0 Å². The molecular formula is C15H23NOS. The zero-order valence-electron chi connectivity index (χ0n) is 11.7. The number of hydrogen-bond donors (Lipinski definition) is 1. The Morgan fingerprint density at radius 2 is 2.00 bits per heavy atom. The molecule has 0 aliphatic rings. The summed E-state index contributed by atoms with van der Waals surface area (Å²) in [5, 5.41) is 0. The first-order chi connectivity index (χ1) is 8.36. The molecule has 0 saturated heterocycles. The molecule has 0 aliphatic heterocycles. The molecule has 0 heterocycles. The first-order valence-corrected chi connectivity index (χ1v) is 7.35. The Morgan fingerprint density at radius 1 is 1.39 bits per heavy atom. The number of nitrogens with one attached hydrogen (secondary N) is 1. The number of hydrogen-bond acceptors (Lipinski definition) is 1. The third-order valence-electron chi connectivity index (χ3n) is 2.77.